The molecule has 0 saturated heterocycles. The number of rotatable bonds is 8. The van der Waals surface area contributed by atoms with Crippen molar-refractivity contribution in [3.8, 4) is 11.8 Å². The Labute approximate surface area is 199 Å². The van der Waals surface area contributed by atoms with Gasteiger partial charge in [0, 0.05) is 28.7 Å². The molecule has 3 aromatic carbocycles. The van der Waals surface area contributed by atoms with Gasteiger partial charge in [0.15, 0.2) is 0 Å². The first kappa shape index (κ1) is 22.8. The van der Waals surface area contributed by atoms with Gasteiger partial charge in [-0.2, -0.15) is 10.4 Å². The lowest BCUT2D eigenvalue weighted by atomic mass is 10.1. The molecule has 0 bridgehead atoms. The fourth-order valence-corrected chi connectivity index (χ4v) is 4.01. The molecule has 34 heavy (non-hydrogen) atoms. The Hall–Kier alpha value is -4.37. The molecule has 1 heterocycles. The predicted octanol–water partition coefficient (Wildman–Crippen LogP) is 4.96. The minimum absolute atomic E-state index is 0.185. The topological polar surface area (TPSA) is 79.4 Å². The smallest absolute Gasteiger partial charge is 0.244 e. The third-order valence-electron chi connectivity index (χ3n) is 5.66. The Bertz CT molecular complexity index is 1380. The first-order valence-corrected chi connectivity index (χ1v) is 11.2. The minimum Gasteiger partial charge on any atom is -0.494 e. The average molecular weight is 451 g/mol. The molecule has 1 amide bonds. The van der Waals surface area contributed by atoms with Gasteiger partial charge in [-0.15, -0.1) is 0 Å². The first-order valence-electron chi connectivity index (χ1n) is 11.2. The molecular formula is C28H26N4O2. The van der Waals surface area contributed by atoms with E-state index >= 15 is 0 Å². The number of hydrogen-bond donors (Lipinski definition) is 1. The average Bonchev–Trinajstić information content (AvgIpc) is 3.11. The summed E-state index contributed by atoms with van der Waals surface area (Å²) >= 11 is 0. The number of carbonyl (C=O) groups is 1. The van der Waals surface area contributed by atoms with E-state index in [2.05, 4.69) is 27.2 Å². The minimum atomic E-state index is -0.185. The van der Waals surface area contributed by atoms with Crippen LogP contribution in [0.15, 0.2) is 77.9 Å². The van der Waals surface area contributed by atoms with Crippen LogP contribution in [0, 0.1) is 18.3 Å². The molecule has 0 fully saturated rings. The summed E-state index contributed by atoms with van der Waals surface area (Å²) in [6, 6.07) is 25.4. The van der Waals surface area contributed by atoms with E-state index in [9.17, 15) is 10.1 Å². The molecule has 0 spiro atoms. The molecule has 4 aromatic rings. The van der Waals surface area contributed by atoms with Crippen molar-refractivity contribution in [2.24, 2.45) is 5.10 Å². The number of nitrogens with one attached hydrogen (secondary N) is 1. The molecule has 0 atom stereocenters. The van der Waals surface area contributed by atoms with E-state index in [0.717, 1.165) is 39.0 Å². The summed E-state index contributed by atoms with van der Waals surface area (Å²) in [6.45, 7) is 5.22. The molecule has 0 aliphatic heterocycles. The normalized spacial score (nSPS) is 11.0. The van der Waals surface area contributed by atoms with Gasteiger partial charge in [0.05, 0.1) is 30.9 Å². The van der Waals surface area contributed by atoms with Crippen LogP contribution in [0.4, 0.5) is 0 Å². The Morgan fingerprint density at radius 2 is 1.88 bits per heavy atom. The van der Waals surface area contributed by atoms with Gasteiger partial charge in [0.25, 0.3) is 0 Å². The number of fused-ring (bicyclic) bond motifs is 1. The van der Waals surface area contributed by atoms with E-state index in [4.69, 9.17) is 4.74 Å². The third-order valence-corrected chi connectivity index (χ3v) is 5.66. The van der Waals surface area contributed by atoms with Gasteiger partial charge in [-0.05, 0) is 55.3 Å². The molecule has 0 unspecified atom stereocenters. The molecule has 170 valence electrons. The van der Waals surface area contributed by atoms with Crippen LogP contribution >= 0.6 is 0 Å². The summed E-state index contributed by atoms with van der Waals surface area (Å²) in [5, 5.41) is 14.5. The lowest BCUT2D eigenvalue weighted by Crippen LogP contribution is -2.19. The highest BCUT2D eigenvalue weighted by Gasteiger charge is 2.13. The molecular weight excluding hydrogens is 424 g/mol. The zero-order valence-corrected chi connectivity index (χ0v) is 19.3. The maximum absolute atomic E-state index is 12.4. The van der Waals surface area contributed by atoms with Crippen molar-refractivity contribution in [2.75, 3.05) is 6.61 Å². The highest BCUT2D eigenvalue weighted by molar-refractivity contribution is 6.01. The van der Waals surface area contributed by atoms with Gasteiger partial charge in [0.2, 0.25) is 5.91 Å². The monoisotopic (exact) mass is 450 g/mol. The molecule has 6 nitrogen and oxygen atoms in total. The second-order valence-corrected chi connectivity index (χ2v) is 7.96. The van der Waals surface area contributed by atoms with Crippen LogP contribution in [0.1, 0.15) is 34.9 Å². The van der Waals surface area contributed by atoms with Crippen LogP contribution in [-0.4, -0.2) is 23.3 Å². The third kappa shape index (κ3) is 5.16. The van der Waals surface area contributed by atoms with E-state index in [-0.39, 0.29) is 12.3 Å². The summed E-state index contributed by atoms with van der Waals surface area (Å²) in [5.41, 5.74) is 8.29. The van der Waals surface area contributed by atoms with Crippen molar-refractivity contribution in [1.82, 2.24) is 9.99 Å². The second-order valence-electron chi connectivity index (χ2n) is 7.96. The number of ether oxygens (including phenoxy) is 1. The molecule has 0 aliphatic rings. The highest BCUT2D eigenvalue weighted by Crippen LogP contribution is 2.25. The van der Waals surface area contributed by atoms with Gasteiger partial charge in [-0.25, -0.2) is 5.43 Å². The van der Waals surface area contributed by atoms with Crippen LogP contribution in [0.3, 0.4) is 0 Å². The van der Waals surface area contributed by atoms with Crippen molar-refractivity contribution in [3.63, 3.8) is 0 Å². The van der Waals surface area contributed by atoms with Gasteiger partial charge in [0.1, 0.15) is 5.75 Å². The van der Waals surface area contributed by atoms with Crippen LogP contribution in [0.5, 0.6) is 5.75 Å². The van der Waals surface area contributed by atoms with E-state index in [0.29, 0.717) is 18.7 Å². The van der Waals surface area contributed by atoms with Gasteiger partial charge in [-0.3, -0.25) is 4.79 Å². The number of aromatic nitrogens is 1. The summed E-state index contributed by atoms with van der Waals surface area (Å²) in [4.78, 5) is 12.4. The molecule has 0 aliphatic carbocycles. The summed E-state index contributed by atoms with van der Waals surface area (Å²) < 4.78 is 7.64. The Kier molecular flexibility index (Phi) is 7.04. The van der Waals surface area contributed by atoms with Crippen LogP contribution in [-0.2, 0) is 17.8 Å². The van der Waals surface area contributed by atoms with Crippen molar-refractivity contribution >= 4 is 23.0 Å². The van der Waals surface area contributed by atoms with Crippen molar-refractivity contribution < 1.29 is 9.53 Å². The van der Waals surface area contributed by atoms with Gasteiger partial charge >= 0.3 is 0 Å². The quantitative estimate of drug-likeness (QED) is 0.304. The number of amides is 1. The fraction of sp³-hybridized carbons (Fsp3) is 0.179. The number of carbonyl (C=O) groups excluding carboxylic acids is 1. The SMILES string of the molecule is CCOc1ccc(CC(=O)N/N=C\c2c(C)n(Cc3cccc(C#N)c3)c3ccccc23)cc1. The molecule has 4 rings (SSSR count). The van der Waals surface area contributed by atoms with Crippen LogP contribution in [0.25, 0.3) is 10.9 Å². The van der Waals surface area contributed by atoms with Crippen molar-refractivity contribution in [3.05, 3.63) is 101 Å². The van der Waals surface area contributed by atoms with E-state index in [1.807, 2.05) is 74.5 Å². The van der Waals surface area contributed by atoms with Crippen molar-refractivity contribution in [2.45, 2.75) is 26.8 Å². The zero-order chi connectivity index (χ0) is 23.9. The standard InChI is InChI=1S/C28H26N4O2/c1-3-34-24-13-11-21(12-14-24)16-28(33)31-30-18-26-20(2)32(27-10-5-4-9-25(26)27)19-23-8-6-7-22(15-23)17-29/h4-15,18H,3,16,19H2,1-2H3,(H,31,33)/b30-18-. The lowest BCUT2D eigenvalue weighted by molar-refractivity contribution is -0.120. The predicted molar refractivity (Wildman–Crippen MR) is 134 cm³/mol. The van der Waals surface area contributed by atoms with Crippen molar-refractivity contribution in [1.29, 1.82) is 5.26 Å². The maximum Gasteiger partial charge on any atom is 0.244 e. The largest absolute Gasteiger partial charge is 0.494 e. The highest BCUT2D eigenvalue weighted by atomic mass is 16.5. The number of hydrazone groups is 1. The van der Waals surface area contributed by atoms with E-state index in [1.165, 1.54) is 0 Å². The number of para-hydroxylation sites is 1. The number of hydrogen-bond acceptors (Lipinski definition) is 4. The number of benzene rings is 3. The van der Waals surface area contributed by atoms with Gasteiger partial charge in [-0.1, -0.05) is 42.5 Å². The Balaban J connectivity index is 1.51. The molecule has 6 heteroatoms. The maximum atomic E-state index is 12.4. The van der Waals surface area contributed by atoms with Gasteiger partial charge < -0.3 is 9.30 Å². The number of nitrogens with zero attached hydrogens (tertiary/aromatic N) is 3. The second kappa shape index (κ2) is 10.5. The van der Waals surface area contributed by atoms with Crippen LogP contribution < -0.4 is 10.2 Å². The summed E-state index contributed by atoms with van der Waals surface area (Å²) in [7, 11) is 0. The summed E-state index contributed by atoms with van der Waals surface area (Å²) in [6.07, 6.45) is 1.94. The molecule has 1 aromatic heterocycles. The van der Waals surface area contributed by atoms with Crippen LogP contribution in [0.2, 0.25) is 0 Å². The lowest BCUT2D eigenvalue weighted by Gasteiger charge is -2.09. The number of nitriles is 1. The molecule has 0 saturated carbocycles. The molecule has 1 N–H and O–H groups in total. The summed E-state index contributed by atoms with van der Waals surface area (Å²) in [5.74, 6) is 0.603. The Morgan fingerprint density at radius 3 is 2.65 bits per heavy atom. The molecule has 0 radical (unpaired) electrons. The van der Waals surface area contributed by atoms with E-state index in [1.54, 1.807) is 12.3 Å². The zero-order valence-electron chi connectivity index (χ0n) is 19.3. The fourth-order valence-electron chi connectivity index (χ4n) is 4.01. The first-order chi connectivity index (χ1) is 16.6. The Morgan fingerprint density at radius 1 is 1.09 bits per heavy atom. The van der Waals surface area contributed by atoms with E-state index < -0.39 is 0 Å².